The van der Waals surface area contributed by atoms with Gasteiger partial charge < -0.3 is 0 Å². The van der Waals surface area contributed by atoms with Gasteiger partial charge in [0.25, 0.3) is 0 Å². The van der Waals surface area contributed by atoms with Gasteiger partial charge in [0.05, 0.1) is 0 Å². The van der Waals surface area contributed by atoms with Gasteiger partial charge in [-0.1, -0.05) is 24.3 Å². The number of halogens is 1. The molecule has 1 rings (SSSR count). The van der Waals surface area contributed by atoms with Crippen LogP contribution in [0.25, 0.3) is 0 Å². The van der Waals surface area contributed by atoms with Gasteiger partial charge in [-0.05, 0) is 36.5 Å². The Kier molecular flexibility index (Phi) is 4.11. The third kappa shape index (κ3) is 2.84. The van der Waals surface area contributed by atoms with Crippen LogP contribution >= 0.6 is 0 Å². The van der Waals surface area contributed by atoms with Crippen molar-refractivity contribution in [3.63, 3.8) is 0 Å². The minimum Gasteiger partial charge on any atom is -0.207 e. The molecule has 0 spiro atoms. The van der Waals surface area contributed by atoms with Gasteiger partial charge in [0.15, 0.2) is 0 Å². The molecule has 0 fully saturated rings. The van der Waals surface area contributed by atoms with Crippen LogP contribution in [0.3, 0.4) is 0 Å². The third-order valence-corrected chi connectivity index (χ3v) is 2.22. The molecule has 1 heteroatoms. The van der Waals surface area contributed by atoms with Crippen molar-refractivity contribution in [3.05, 3.63) is 61.0 Å². The fourth-order valence-electron chi connectivity index (χ4n) is 1.53. The van der Waals surface area contributed by atoms with Crippen LogP contribution in [0.5, 0.6) is 0 Å². The van der Waals surface area contributed by atoms with Crippen LogP contribution in [-0.4, -0.2) is 0 Å². The summed E-state index contributed by atoms with van der Waals surface area (Å²) in [5, 5.41) is 0. The average Bonchev–Trinajstić information content (AvgIpc) is 2.17. The quantitative estimate of drug-likeness (QED) is 0.614. The Bertz CT molecular complexity index is 305. The van der Waals surface area contributed by atoms with Crippen LogP contribution in [0.4, 0.5) is 4.39 Å². The summed E-state index contributed by atoms with van der Waals surface area (Å²) in [6.45, 7) is 7.41. The summed E-state index contributed by atoms with van der Waals surface area (Å²) in [6, 6.07) is 6.73. The van der Waals surface area contributed by atoms with E-state index >= 15 is 0 Å². The predicted molar refractivity (Wildman–Crippen MR) is 58.8 cm³/mol. The van der Waals surface area contributed by atoms with Crippen molar-refractivity contribution in [1.29, 1.82) is 0 Å². The van der Waals surface area contributed by atoms with E-state index in [9.17, 15) is 4.39 Å². The molecule has 1 aromatic carbocycles. The van der Waals surface area contributed by atoms with E-state index in [1.165, 1.54) is 6.07 Å². The minimum atomic E-state index is -0.180. The van der Waals surface area contributed by atoms with Crippen LogP contribution in [0, 0.1) is 5.82 Å². The molecule has 0 radical (unpaired) electrons. The average molecular weight is 190 g/mol. The maximum absolute atomic E-state index is 13.0. The Balaban J connectivity index is 2.85. The summed E-state index contributed by atoms with van der Waals surface area (Å²) in [5.74, 6) is 0.126. The normalized spacial score (nSPS) is 10.1. The maximum Gasteiger partial charge on any atom is 0.123 e. The smallest absolute Gasteiger partial charge is 0.123 e. The first-order valence-corrected chi connectivity index (χ1v) is 4.75. The lowest BCUT2D eigenvalue weighted by molar-refractivity contribution is 0.618. The zero-order valence-electron chi connectivity index (χ0n) is 8.25. The van der Waals surface area contributed by atoms with Gasteiger partial charge in [0.1, 0.15) is 5.82 Å². The van der Waals surface area contributed by atoms with Crippen molar-refractivity contribution < 1.29 is 4.39 Å². The van der Waals surface area contributed by atoms with E-state index in [1.807, 2.05) is 18.2 Å². The molecule has 0 bridgehead atoms. The molecule has 0 aliphatic heterocycles. The Morgan fingerprint density at radius 2 is 1.86 bits per heavy atom. The molecular formula is C13H15F. The lowest BCUT2D eigenvalue weighted by Gasteiger charge is -2.12. The number of benzene rings is 1. The second-order valence-corrected chi connectivity index (χ2v) is 3.30. The van der Waals surface area contributed by atoms with Crippen LogP contribution in [-0.2, 0) is 0 Å². The fourth-order valence-corrected chi connectivity index (χ4v) is 1.53. The van der Waals surface area contributed by atoms with Gasteiger partial charge in [0, 0.05) is 0 Å². The predicted octanol–water partition coefficient (Wildman–Crippen LogP) is 4.06. The van der Waals surface area contributed by atoms with Crippen molar-refractivity contribution in [3.8, 4) is 0 Å². The Labute approximate surface area is 84.8 Å². The summed E-state index contributed by atoms with van der Waals surface area (Å²) in [7, 11) is 0. The molecule has 0 saturated carbocycles. The molecule has 0 saturated heterocycles. The van der Waals surface area contributed by atoms with E-state index in [4.69, 9.17) is 0 Å². The highest BCUT2D eigenvalue weighted by Crippen LogP contribution is 2.24. The third-order valence-electron chi connectivity index (χ3n) is 2.22. The fraction of sp³-hybridized carbons (Fsp3) is 0.231. The number of hydrogen-bond acceptors (Lipinski definition) is 0. The van der Waals surface area contributed by atoms with E-state index in [0.29, 0.717) is 5.92 Å². The molecule has 0 unspecified atom stereocenters. The number of rotatable bonds is 5. The number of allylic oxidation sites excluding steroid dienone is 2. The van der Waals surface area contributed by atoms with E-state index < -0.39 is 0 Å². The van der Waals surface area contributed by atoms with Gasteiger partial charge in [0.2, 0.25) is 0 Å². The largest absolute Gasteiger partial charge is 0.207 e. The monoisotopic (exact) mass is 190 g/mol. The van der Waals surface area contributed by atoms with Crippen LogP contribution in [0.1, 0.15) is 24.3 Å². The topological polar surface area (TPSA) is 0 Å². The van der Waals surface area contributed by atoms with Crippen LogP contribution in [0.2, 0.25) is 0 Å². The van der Waals surface area contributed by atoms with Gasteiger partial charge in [-0.25, -0.2) is 4.39 Å². The first-order valence-electron chi connectivity index (χ1n) is 4.75. The van der Waals surface area contributed by atoms with Gasteiger partial charge in [-0.3, -0.25) is 0 Å². The summed E-state index contributed by atoms with van der Waals surface area (Å²) in [6.07, 6.45) is 5.43. The second-order valence-electron chi connectivity index (χ2n) is 3.30. The molecule has 14 heavy (non-hydrogen) atoms. The molecule has 0 aliphatic rings. The van der Waals surface area contributed by atoms with E-state index in [1.54, 1.807) is 12.1 Å². The van der Waals surface area contributed by atoms with Crippen LogP contribution < -0.4 is 0 Å². The van der Waals surface area contributed by atoms with Crippen molar-refractivity contribution in [1.82, 2.24) is 0 Å². The van der Waals surface area contributed by atoms with Gasteiger partial charge in [-0.2, -0.15) is 0 Å². The first kappa shape index (κ1) is 10.7. The molecule has 0 N–H and O–H groups in total. The molecule has 1 aromatic rings. The van der Waals surface area contributed by atoms with E-state index in [0.717, 1.165) is 18.4 Å². The maximum atomic E-state index is 13.0. The summed E-state index contributed by atoms with van der Waals surface area (Å²) in [5.41, 5.74) is 1.02. The Morgan fingerprint density at radius 1 is 1.21 bits per heavy atom. The molecule has 0 aliphatic carbocycles. The van der Waals surface area contributed by atoms with Crippen molar-refractivity contribution in [2.75, 3.05) is 0 Å². The van der Waals surface area contributed by atoms with Gasteiger partial charge >= 0.3 is 0 Å². The van der Waals surface area contributed by atoms with Crippen molar-refractivity contribution in [2.45, 2.75) is 18.8 Å². The Morgan fingerprint density at radius 3 is 2.36 bits per heavy atom. The zero-order chi connectivity index (χ0) is 10.4. The molecule has 0 amide bonds. The summed E-state index contributed by atoms with van der Waals surface area (Å²) < 4.78 is 13.0. The highest BCUT2D eigenvalue weighted by atomic mass is 19.1. The van der Waals surface area contributed by atoms with Crippen molar-refractivity contribution >= 4 is 0 Å². The molecule has 0 nitrogen and oxygen atoms in total. The van der Waals surface area contributed by atoms with E-state index in [-0.39, 0.29) is 5.82 Å². The number of hydrogen-bond donors (Lipinski definition) is 0. The van der Waals surface area contributed by atoms with Gasteiger partial charge in [-0.15, -0.1) is 13.2 Å². The Hall–Kier alpha value is -1.37. The molecular weight excluding hydrogens is 175 g/mol. The van der Waals surface area contributed by atoms with Crippen molar-refractivity contribution in [2.24, 2.45) is 0 Å². The molecule has 0 aromatic heterocycles. The SMILES string of the molecule is C=CCC(CC=C)c1cccc(F)c1. The molecule has 74 valence electrons. The second kappa shape index (κ2) is 5.38. The summed E-state index contributed by atoms with van der Waals surface area (Å²) >= 11 is 0. The van der Waals surface area contributed by atoms with E-state index in [2.05, 4.69) is 13.2 Å². The lowest BCUT2D eigenvalue weighted by Crippen LogP contribution is -1.96. The summed E-state index contributed by atoms with van der Waals surface area (Å²) in [4.78, 5) is 0. The standard InChI is InChI=1S/C13H15F/c1-3-6-11(7-4-2)12-8-5-9-13(14)10-12/h3-5,8-11H,1-2,6-7H2. The highest BCUT2D eigenvalue weighted by molar-refractivity contribution is 5.22. The minimum absolute atomic E-state index is 0.180. The molecule has 0 atom stereocenters. The zero-order valence-corrected chi connectivity index (χ0v) is 8.25. The lowest BCUT2D eigenvalue weighted by atomic mass is 9.92. The van der Waals surface area contributed by atoms with Crippen LogP contribution in [0.15, 0.2) is 49.6 Å². The molecule has 0 heterocycles. The highest BCUT2D eigenvalue weighted by Gasteiger charge is 2.08. The first-order chi connectivity index (χ1) is 6.77.